The summed E-state index contributed by atoms with van der Waals surface area (Å²) < 4.78 is 6.06. The first-order valence-electron chi connectivity index (χ1n) is 10.3. The lowest BCUT2D eigenvalue weighted by atomic mass is 10.1. The van der Waals surface area contributed by atoms with Crippen molar-refractivity contribution in [2.24, 2.45) is 4.99 Å². The summed E-state index contributed by atoms with van der Waals surface area (Å²) in [6.45, 7) is 2.33. The summed E-state index contributed by atoms with van der Waals surface area (Å²) in [5, 5.41) is 9.73. The second kappa shape index (κ2) is 9.71. The van der Waals surface area contributed by atoms with Gasteiger partial charge in [0.15, 0.2) is 5.17 Å². The molecular formula is C26H23N3O2S. The standard InChI is InChI=1S/C26H23N3O2S/c1-18-11-13-22(14-12-18)28-26-29(2)25(30)24(32-26)15-19-7-5-6-10-23(19)31-17-21-9-4-3-8-20(21)16-27/h3-14,24H,15,17H2,1-2H3/t24-/m1/s1. The number of nitrogens with zero attached hydrogens (tertiary/aromatic N) is 3. The number of hydrogen-bond acceptors (Lipinski definition) is 5. The minimum absolute atomic E-state index is 0.0329. The van der Waals surface area contributed by atoms with Gasteiger partial charge in [-0.05, 0) is 43.2 Å². The molecule has 1 aliphatic heterocycles. The number of ether oxygens (including phenoxy) is 1. The highest BCUT2D eigenvalue weighted by molar-refractivity contribution is 8.15. The van der Waals surface area contributed by atoms with Gasteiger partial charge < -0.3 is 4.74 Å². The molecule has 0 saturated carbocycles. The summed E-state index contributed by atoms with van der Waals surface area (Å²) in [6.07, 6.45) is 0.539. The molecule has 0 aliphatic carbocycles. The Bertz CT molecular complexity index is 1200. The lowest BCUT2D eigenvalue weighted by molar-refractivity contribution is -0.125. The molecule has 6 heteroatoms. The second-order valence-electron chi connectivity index (χ2n) is 7.60. The van der Waals surface area contributed by atoms with Crippen molar-refractivity contribution in [1.82, 2.24) is 4.90 Å². The lowest BCUT2D eigenvalue weighted by Gasteiger charge is -2.14. The van der Waals surface area contributed by atoms with Gasteiger partial charge in [-0.3, -0.25) is 9.69 Å². The monoisotopic (exact) mass is 441 g/mol. The van der Waals surface area contributed by atoms with E-state index in [9.17, 15) is 10.1 Å². The molecule has 5 nitrogen and oxygen atoms in total. The van der Waals surface area contributed by atoms with Gasteiger partial charge in [0.05, 0.1) is 22.6 Å². The molecule has 0 unspecified atom stereocenters. The van der Waals surface area contributed by atoms with Gasteiger partial charge in [-0.15, -0.1) is 0 Å². The van der Waals surface area contributed by atoms with E-state index < -0.39 is 0 Å². The fourth-order valence-corrected chi connectivity index (χ4v) is 4.63. The van der Waals surface area contributed by atoms with Gasteiger partial charge in [-0.2, -0.15) is 5.26 Å². The highest BCUT2D eigenvalue weighted by Crippen LogP contribution is 2.33. The van der Waals surface area contributed by atoms with Gasteiger partial charge in [-0.1, -0.05) is 65.9 Å². The zero-order valence-electron chi connectivity index (χ0n) is 18.0. The van der Waals surface area contributed by atoms with Crippen LogP contribution in [0.15, 0.2) is 77.8 Å². The van der Waals surface area contributed by atoms with E-state index in [2.05, 4.69) is 11.1 Å². The largest absolute Gasteiger partial charge is 0.489 e. The van der Waals surface area contributed by atoms with Crippen molar-refractivity contribution in [3.63, 3.8) is 0 Å². The number of benzene rings is 3. The van der Waals surface area contributed by atoms with Gasteiger partial charge in [0.2, 0.25) is 5.91 Å². The molecule has 1 atom stereocenters. The number of amides is 1. The summed E-state index contributed by atoms with van der Waals surface area (Å²) >= 11 is 1.48. The van der Waals surface area contributed by atoms with Crippen molar-refractivity contribution in [2.45, 2.75) is 25.2 Å². The molecule has 1 saturated heterocycles. The number of thioether (sulfide) groups is 1. The van der Waals surface area contributed by atoms with Gasteiger partial charge in [0.1, 0.15) is 12.4 Å². The Labute approximate surface area is 192 Å². The number of carbonyl (C=O) groups is 1. The third-order valence-corrected chi connectivity index (χ3v) is 6.53. The quantitative estimate of drug-likeness (QED) is 0.524. The van der Waals surface area contributed by atoms with Crippen LogP contribution in [0.25, 0.3) is 0 Å². The van der Waals surface area contributed by atoms with Crippen molar-refractivity contribution in [2.75, 3.05) is 7.05 Å². The van der Waals surface area contributed by atoms with Crippen molar-refractivity contribution >= 4 is 28.5 Å². The van der Waals surface area contributed by atoms with Crippen LogP contribution >= 0.6 is 11.8 Å². The Morgan fingerprint density at radius 3 is 2.47 bits per heavy atom. The molecule has 4 rings (SSSR count). The zero-order chi connectivity index (χ0) is 22.5. The van der Waals surface area contributed by atoms with Crippen molar-refractivity contribution in [3.05, 3.63) is 95.1 Å². The van der Waals surface area contributed by atoms with Gasteiger partial charge in [0.25, 0.3) is 0 Å². The van der Waals surface area contributed by atoms with Crippen LogP contribution in [0.1, 0.15) is 22.3 Å². The van der Waals surface area contributed by atoms with Gasteiger partial charge >= 0.3 is 0 Å². The fourth-order valence-electron chi connectivity index (χ4n) is 3.45. The maximum atomic E-state index is 12.9. The highest BCUT2D eigenvalue weighted by Gasteiger charge is 2.36. The Morgan fingerprint density at radius 1 is 1.03 bits per heavy atom. The van der Waals surface area contributed by atoms with Crippen molar-refractivity contribution < 1.29 is 9.53 Å². The van der Waals surface area contributed by atoms with Crippen molar-refractivity contribution in [1.29, 1.82) is 5.26 Å². The number of hydrogen-bond donors (Lipinski definition) is 0. The minimum Gasteiger partial charge on any atom is -0.489 e. The van der Waals surface area contributed by atoms with E-state index in [0.29, 0.717) is 23.8 Å². The van der Waals surface area contributed by atoms with Crippen LogP contribution in [0.5, 0.6) is 5.75 Å². The summed E-state index contributed by atoms with van der Waals surface area (Å²) in [4.78, 5) is 19.2. The predicted octanol–water partition coefficient (Wildman–Crippen LogP) is 5.25. The van der Waals surface area contributed by atoms with Gasteiger partial charge in [-0.25, -0.2) is 4.99 Å². The van der Waals surface area contributed by atoms with E-state index in [0.717, 1.165) is 22.6 Å². The SMILES string of the molecule is Cc1ccc(N=C2S[C@H](Cc3ccccc3OCc3ccccc3C#N)C(=O)N2C)cc1. The summed E-state index contributed by atoms with van der Waals surface area (Å²) in [6, 6.07) is 25.3. The number of rotatable bonds is 6. The average molecular weight is 442 g/mol. The highest BCUT2D eigenvalue weighted by atomic mass is 32.2. The lowest BCUT2D eigenvalue weighted by Crippen LogP contribution is -2.28. The Kier molecular flexibility index (Phi) is 6.58. The Morgan fingerprint density at radius 2 is 1.72 bits per heavy atom. The van der Waals surface area contributed by atoms with Crippen molar-refractivity contribution in [3.8, 4) is 11.8 Å². The van der Waals surface area contributed by atoms with Gasteiger partial charge in [0, 0.05) is 12.6 Å². The van der Waals surface area contributed by atoms with Crippen LogP contribution in [0.2, 0.25) is 0 Å². The number of amidine groups is 1. The van der Waals surface area contributed by atoms with Crippen LogP contribution in [0.4, 0.5) is 5.69 Å². The molecule has 0 radical (unpaired) electrons. The number of aliphatic imine (C=N–C) groups is 1. The normalized spacial score (nSPS) is 16.9. The molecule has 0 bridgehead atoms. The van der Waals surface area contributed by atoms with E-state index >= 15 is 0 Å². The molecular weight excluding hydrogens is 418 g/mol. The first-order chi connectivity index (χ1) is 15.5. The van der Waals surface area contributed by atoms with E-state index in [1.807, 2.05) is 73.7 Å². The molecule has 0 N–H and O–H groups in total. The molecule has 3 aromatic rings. The molecule has 0 spiro atoms. The molecule has 1 heterocycles. The number of para-hydroxylation sites is 1. The smallest absolute Gasteiger partial charge is 0.242 e. The third kappa shape index (κ3) is 4.84. The summed E-state index contributed by atoms with van der Waals surface area (Å²) in [5.74, 6) is 0.755. The predicted molar refractivity (Wildman–Crippen MR) is 128 cm³/mol. The molecule has 1 amide bonds. The van der Waals surface area contributed by atoms with E-state index in [1.54, 1.807) is 18.0 Å². The second-order valence-corrected chi connectivity index (χ2v) is 8.77. The topological polar surface area (TPSA) is 65.7 Å². The number of carbonyl (C=O) groups excluding carboxylic acids is 1. The molecule has 32 heavy (non-hydrogen) atoms. The third-order valence-electron chi connectivity index (χ3n) is 5.30. The first kappa shape index (κ1) is 21.7. The zero-order valence-corrected chi connectivity index (χ0v) is 18.8. The maximum Gasteiger partial charge on any atom is 0.242 e. The first-order valence-corrected chi connectivity index (χ1v) is 11.2. The maximum absolute atomic E-state index is 12.9. The molecule has 160 valence electrons. The van der Waals surface area contributed by atoms with Crippen LogP contribution < -0.4 is 4.74 Å². The van der Waals surface area contributed by atoms with Crippen LogP contribution in [0.3, 0.4) is 0 Å². The molecule has 0 aromatic heterocycles. The molecule has 1 fully saturated rings. The summed E-state index contributed by atoms with van der Waals surface area (Å²) in [5.41, 5.74) is 4.40. The Hall–Kier alpha value is -3.56. The fraction of sp³-hybridized carbons (Fsp3) is 0.192. The molecule has 1 aliphatic rings. The minimum atomic E-state index is -0.264. The van der Waals surface area contributed by atoms with E-state index in [1.165, 1.54) is 17.3 Å². The Balaban J connectivity index is 1.49. The average Bonchev–Trinajstić information content (AvgIpc) is 3.08. The van der Waals surface area contributed by atoms with Crippen LogP contribution in [0, 0.1) is 18.3 Å². The molecule has 3 aromatic carbocycles. The van der Waals surface area contributed by atoms with E-state index in [4.69, 9.17) is 4.74 Å². The van der Waals surface area contributed by atoms with E-state index in [-0.39, 0.29) is 11.2 Å². The number of aryl methyl sites for hydroxylation is 1. The number of nitriles is 1. The summed E-state index contributed by atoms with van der Waals surface area (Å²) in [7, 11) is 1.77. The van der Waals surface area contributed by atoms with Crippen LogP contribution in [-0.2, 0) is 17.8 Å². The van der Waals surface area contributed by atoms with Crippen LogP contribution in [-0.4, -0.2) is 28.3 Å².